The van der Waals surface area contributed by atoms with Crippen molar-refractivity contribution in [3.05, 3.63) is 28.8 Å². The van der Waals surface area contributed by atoms with Crippen molar-refractivity contribution in [1.29, 1.82) is 0 Å². The fourth-order valence-corrected chi connectivity index (χ4v) is 1.38. The van der Waals surface area contributed by atoms with Gasteiger partial charge in [0.25, 0.3) is 0 Å². The Morgan fingerprint density at radius 2 is 1.73 bits per heavy atom. The van der Waals surface area contributed by atoms with Crippen molar-refractivity contribution in [2.45, 2.75) is 20.8 Å². The predicted molar refractivity (Wildman–Crippen MR) is 65.0 cm³/mol. The molecular formula is C11H18N4. The SMILES string of the molecule is CN=C(NN)Nc1cc(C)c(C)cc1C. The highest BCUT2D eigenvalue weighted by atomic mass is 15.3. The highest BCUT2D eigenvalue weighted by Crippen LogP contribution is 2.19. The van der Waals surface area contributed by atoms with Gasteiger partial charge in [-0.3, -0.25) is 10.4 Å². The van der Waals surface area contributed by atoms with Gasteiger partial charge in [0, 0.05) is 12.7 Å². The Balaban J connectivity index is 3.00. The summed E-state index contributed by atoms with van der Waals surface area (Å²) in [5.41, 5.74) is 7.23. The summed E-state index contributed by atoms with van der Waals surface area (Å²) in [6.45, 7) is 6.24. The number of hydrogen-bond acceptors (Lipinski definition) is 2. The van der Waals surface area contributed by atoms with Crippen LogP contribution in [0.5, 0.6) is 0 Å². The summed E-state index contributed by atoms with van der Waals surface area (Å²) < 4.78 is 0. The van der Waals surface area contributed by atoms with Gasteiger partial charge in [0.2, 0.25) is 5.96 Å². The van der Waals surface area contributed by atoms with E-state index < -0.39 is 0 Å². The zero-order chi connectivity index (χ0) is 11.4. The maximum absolute atomic E-state index is 5.31. The number of hydrogen-bond donors (Lipinski definition) is 3. The van der Waals surface area contributed by atoms with Gasteiger partial charge in [0.05, 0.1) is 0 Å². The second kappa shape index (κ2) is 4.79. The number of anilines is 1. The van der Waals surface area contributed by atoms with Crippen LogP contribution in [0.3, 0.4) is 0 Å². The van der Waals surface area contributed by atoms with E-state index in [1.807, 2.05) is 0 Å². The van der Waals surface area contributed by atoms with Crippen LogP contribution in [0.15, 0.2) is 17.1 Å². The van der Waals surface area contributed by atoms with Crippen LogP contribution in [0, 0.1) is 20.8 Å². The standard InChI is InChI=1S/C11H18N4/c1-7-5-9(3)10(6-8(7)2)14-11(13-4)15-12/h5-6H,12H2,1-4H3,(H2,13,14,15). The number of benzene rings is 1. The molecule has 0 saturated heterocycles. The van der Waals surface area contributed by atoms with Gasteiger partial charge in [-0.05, 0) is 43.5 Å². The summed E-state index contributed by atoms with van der Waals surface area (Å²) >= 11 is 0. The topological polar surface area (TPSA) is 62.4 Å². The Bertz CT molecular complexity index is 382. The van der Waals surface area contributed by atoms with Gasteiger partial charge in [-0.1, -0.05) is 6.07 Å². The monoisotopic (exact) mass is 206 g/mol. The van der Waals surface area contributed by atoms with E-state index in [0.717, 1.165) is 5.69 Å². The normalized spacial score (nSPS) is 11.4. The number of aliphatic imine (C=N–C) groups is 1. The number of hydrazine groups is 1. The van der Waals surface area contributed by atoms with Crippen LogP contribution >= 0.6 is 0 Å². The second-order valence-corrected chi connectivity index (χ2v) is 3.59. The highest BCUT2D eigenvalue weighted by molar-refractivity contribution is 5.93. The molecule has 0 bridgehead atoms. The molecule has 1 aromatic rings. The van der Waals surface area contributed by atoms with Crippen LogP contribution in [0.4, 0.5) is 5.69 Å². The Morgan fingerprint density at radius 3 is 2.27 bits per heavy atom. The molecule has 0 fully saturated rings. The lowest BCUT2D eigenvalue weighted by atomic mass is 10.1. The molecule has 0 radical (unpaired) electrons. The number of guanidine groups is 1. The minimum absolute atomic E-state index is 0.557. The fraction of sp³-hybridized carbons (Fsp3) is 0.364. The molecule has 1 rings (SSSR count). The lowest BCUT2D eigenvalue weighted by Gasteiger charge is -2.13. The minimum Gasteiger partial charge on any atom is -0.325 e. The lowest BCUT2D eigenvalue weighted by Crippen LogP contribution is -2.36. The first kappa shape index (κ1) is 11.5. The average molecular weight is 206 g/mol. The Kier molecular flexibility index (Phi) is 3.68. The van der Waals surface area contributed by atoms with E-state index >= 15 is 0 Å². The van der Waals surface area contributed by atoms with Crippen molar-refractivity contribution in [3.8, 4) is 0 Å². The molecule has 0 saturated carbocycles. The van der Waals surface area contributed by atoms with Crippen LogP contribution in [0.25, 0.3) is 0 Å². The summed E-state index contributed by atoms with van der Waals surface area (Å²) in [6, 6.07) is 4.23. The molecule has 0 aliphatic heterocycles. The molecule has 1 aromatic carbocycles. The van der Waals surface area contributed by atoms with Crippen molar-refractivity contribution in [3.63, 3.8) is 0 Å². The minimum atomic E-state index is 0.557. The molecular weight excluding hydrogens is 188 g/mol. The molecule has 0 unspecified atom stereocenters. The van der Waals surface area contributed by atoms with Crippen LogP contribution in [0.1, 0.15) is 16.7 Å². The molecule has 4 nitrogen and oxygen atoms in total. The third-order valence-corrected chi connectivity index (χ3v) is 2.45. The summed E-state index contributed by atoms with van der Waals surface area (Å²) in [6.07, 6.45) is 0. The first-order valence-electron chi connectivity index (χ1n) is 4.86. The average Bonchev–Trinajstić information content (AvgIpc) is 2.21. The number of rotatable bonds is 1. The number of nitrogens with one attached hydrogen (secondary N) is 2. The van der Waals surface area contributed by atoms with E-state index in [2.05, 4.69) is 48.6 Å². The number of nitrogens with two attached hydrogens (primary N) is 1. The second-order valence-electron chi connectivity index (χ2n) is 3.59. The molecule has 4 N–H and O–H groups in total. The highest BCUT2D eigenvalue weighted by Gasteiger charge is 2.03. The van der Waals surface area contributed by atoms with Crippen molar-refractivity contribution in [1.82, 2.24) is 5.43 Å². The van der Waals surface area contributed by atoms with Gasteiger partial charge in [-0.25, -0.2) is 5.84 Å². The summed E-state index contributed by atoms with van der Waals surface area (Å²) in [5.74, 6) is 5.86. The molecule has 0 aromatic heterocycles. The largest absolute Gasteiger partial charge is 0.325 e. The molecule has 15 heavy (non-hydrogen) atoms. The summed E-state index contributed by atoms with van der Waals surface area (Å²) in [4.78, 5) is 3.96. The number of nitrogens with zero attached hydrogens (tertiary/aromatic N) is 1. The summed E-state index contributed by atoms with van der Waals surface area (Å²) in [7, 11) is 1.68. The molecule has 0 spiro atoms. The van der Waals surface area contributed by atoms with Gasteiger partial charge in [0.1, 0.15) is 0 Å². The van der Waals surface area contributed by atoms with Crippen LogP contribution < -0.4 is 16.6 Å². The van der Waals surface area contributed by atoms with E-state index in [1.165, 1.54) is 16.7 Å². The summed E-state index contributed by atoms with van der Waals surface area (Å²) in [5, 5.41) is 3.13. The van der Waals surface area contributed by atoms with Gasteiger partial charge in [0.15, 0.2) is 0 Å². The number of aryl methyl sites for hydroxylation is 3. The van der Waals surface area contributed by atoms with E-state index in [9.17, 15) is 0 Å². The zero-order valence-corrected chi connectivity index (χ0v) is 9.68. The molecule has 82 valence electrons. The van der Waals surface area contributed by atoms with Crippen LogP contribution in [0.2, 0.25) is 0 Å². The molecule has 4 heteroatoms. The Labute approximate surface area is 90.6 Å². The smallest absolute Gasteiger partial charge is 0.209 e. The molecule has 0 aliphatic rings. The van der Waals surface area contributed by atoms with Gasteiger partial charge < -0.3 is 5.32 Å². The third kappa shape index (κ3) is 2.70. The maximum atomic E-state index is 5.31. The first-order valence-corrected chi connectivity index (χ1v) is 4.86. The van der Waals surface area contributed by atoms with Crippen molar-refractivity contribution in [2.75, 3.05) is 12.4 Å². The van der Waals surface area contributed by atoms with E-state index in [-0.39, 0.29) is 0 Å². The fourth-order valence-electron chi connectivity index (χ4n) is 1.38. The Hall–Kier alpha value is -1.55. The molecule has 0 heterocycles. The molecule has 0 amide bonds. The van der Waals surface area contributed by atoms with Gasteiger partial charge >= 0.3 is 0 Å². The maximum Gasteiger partial charge on any atom is 0.209 e. The first-order chi connectivity index (χ1) is 7.08. The van der Waals surface area contributed by atoms with Gasteiger partial charge in [-0.15, -0.1) is 0 Å². The van der Waals surface area contributed by atoms with E-state index in [4.69, 9.17) is 5.84 Å². The molecule has 0 atom stereocenters. The molecule has 0 aliphatic carbocycles. The third-order valence-electron chi connectivity index (χ3n) is 2.45. The van der Waals surface area contributed by atoms with E-state index in [0.29, 0.717) is 5.96 Å². The van der Waals surface area contributed by atoms with Crippen molar-refractivity contribution >= 4 is 11.6 Å². The van der Waals surface area contributed by atoms with Gasteiger partial charge in [-0.2, -0.15) is 0 Å². The van der Waals surface area contributed by atoms with Crippen LogP contribution in [-0.2, 0) is 0 Å². The quantitative estimate of drug-likeness (QED) is 0.282. The van der Waals surface area contributed by atoms with Crippen molar-refractivity contribution < 1.29 is 0 Å². The van der Waals surface area contributed by atoms with Crippen LogP contribution in [-0.4, -0.2) is 13.0 Å². The zero-order valence-electron chi connectivity index (χ0n) is 9.68. The Morgan fingerprint density at radius 1 is 1.13 bits per heavy atom. The lowest BCUT2D eigenvalue weighted by molar-refractivity contribution is 1.01. The predicted octanol–water partition coefficient (Wildman–Crippen LogP) is 1.47. The van der Waals surface area contributed by atoms with E-state index in [1.54, 1.807) is 7.05 Å². The van der Waals surface area contributed by atoms with Crippen molar-refractivity contribution in [2.24, 2.45) is 10.8 Å².